The third kappa shape index (κ3) is 7.16. The molecule has 1 aliphatic heterocycles. The van der Waals surface area contributed by atoms with Crippen LogP contribution in [-0.4, -0.2) is 76.5 Å². The first kappa shape index (κ1) is 28.6. The van der Waals surface area contributed by atoms with Gasteiger partial charge in [-0.3, -0.25) is 19.4 Å². The molecule has 0 spiro atoms. The lowest BCUT2D eigenvalue weighted by atomic mass is 10.0. The van der Waals surface area contributed by atoms with E-state index in [0.717, 1.165) is 11.4 Å². The average molecular weight is 549 g/mol. The van der Waals surface area contributed by atoms with Crippen LogP contribution in [-0.2, 0) is 16.1 Å². The molecule has 3 heterocycles. The summed E-state index contributed by atoms with van der Waals surface area (Å²) in [4.78, 5) is 49.3. The van der Waals surface area contributed by atoms with Crippen LogP contribution in [0.15, 0.2) is 55.1 Å². The molecule has 0 aliphatic carbocycles. The number of carbonyl (C=O) groups excluding carboxylic acids is 3. The van der Waals surface area contributed by atoms with Crippen molar-refractivity contribution in [2.24, 2.45) is 5.92 Å². The molecule has 1 aromatic carbocycles. The number of nitrogens with zero attached hydrogens (tertiary/aromatic N) is 4. The van der Waals surface area contributed by atoms with Crippen LogP contribution in [0.3, 0.4) is 0 Å². The first-order chi connectivity index (χ1) is 19.4. The van der Waals surface area contributed by atoms with E-state index in [9.17, 15) is 14.4 Å². The second-order valence-electron chi connectivity index (χ2n) is 9.91. The van der Waals surface area contributed by atoms with E-state index < -0.39 is 11.9 Å². The van der Waals surface area contributed by atoms with Gasteiger partial charge in [0.25, 0.3) is 5.91 Å². The minimum atomic E-state index is -0.728. The van der Waals surface area contributed by atoms with E-state index in [-0.39, 0.29) is 37.4 Å². The van der Waals surface area contributed by atoms with Gasteiger partial charge in [0.2, 0.25) is 11.8 Å². The Hall–Kier alpha value is -4.41. The van der Waals surface area contributed by atoms with E-state index in [4.69, 9.17) is 9.47 Å². The number of imidazole rings is 1. The molecule has 0 saturated carbocycles. The van der Waals surface area contributed by atoms with E-state index in [2.05, 4.69) is 20.6 Å². The Labute approximate surface area is 233 Å². The fourth-order valence-corrected chi connectivity index (χ4v) is 4.54. The number of methoxy groups -OCH3 is 1. The number of pyridine rings is 1. The van der Waals surface area contributed by atoms with Crippen molar-refractivity contribution < 1.29 is 23.9 Å². The molecule has 2 aromatic heterocycles. The molecule has 0 fully saturated rings. The maximum atomic E-state index is 13.3. The van der Waals surface area contributed by atoms with Gasteiger partial charge in [0, 0.05) is 55.5 Å². The molecule has 11 heteroatoms. The number of amides is 3. The van der Waals surface area contributed by atoms with Crippen molar-refractivity contribution >= 4 is 17.7 Å². The summed E-state index contributed by atoms with van der Waals surface area (Å²) in [7, 11) is 1.58. The predicted octanol–water partition coefficient (Wildman–Crippen LogP) is 2.53. The predicted molar refractivity (Wildman–Crippen MR) is 149 cm³/mol. The molecule has 3 aromatic rings. The molecular formula is C29H36N6O5. The highest BCUT2D eigenvalue weighted by atomic mass is 16.5. The molecule has 1 aliphatic rings. The number of ether oxygens (including phenoxy) is 2. The zero-order valence-corrected chi connectivity index (χ0v) is 23.1. The summed E-state index contributed by atoms with van der Waals surface area (Å²) in [6, 6.07) is 8.13. The fourth-order valence-electron chi connectivity index (χ4n) is 4.54. The molecule has 0 unspecified atom stereocenters. The molecule has 2 N–H and O–H groups in total. The second kappa shape index (κ2) is 13.6. The number of carbonyl (C=O) groups is 3. The lowest BCUT2D eigenvalue weighted by Gasteiger charge is -2.26. The van der Waals surface area contributed by atoms with Crippen LogP contribution in [0.4, 0.5) is 0 Å². The van der Waals surface area contributed by atoms with Crippen LogP contribution < -0.4 is 20.1 Å². The Balaban J connectivity index is 1.60. The molecule has 0 saturated heterocycles. The van der Waals surface area contributed by atoms with Gasteiger partial charge in [0.1, 0.15) is 11.9 Å². The van der Waals surface area contributed by atoms with Crippen molar-refractivity contribution in [1.29, 1.82) is 0 Å². The van der Waals surface area contributed by atoms with Gasteiger partial charge in [-0.05, 0) is 49.1 Å². The number of fused-ring (bicyclic) bond motifs is 4. The summed E-state index contributed by atoms with van der Waals surface area (Å²) in [5.74, 6) is 0.805. The molecule has 40 heavy (non-hydrogen) atoms. The van der Waals surface area contributed by atoms with E-state index in [0.29, 0.717) is 43.0 Å². The summed E-state index contributed by atoms with van der Waals surface area (Å²) in [5, 5.41) is 5.77. The summed E-state index contributed by atoms with van der Waals surface area (Å²) >= 11 is 0. The fraction of sp³-hybridized carbons (Fsp3) is 0.414. The standard InChI is InChI=1S/C29H36N6O5/c1-20(2)26-28(37)32-10-4-14-34-16-13-31-27(34)22-6-7-23(39-3)24(18-22)40-17-5-15-35(19-25(36)33-26)29(38)21-8-11-30-12-9-21/h6-9,11-13,16,18,20,26H,4-5,10,14-15,17,19H2,1-3H3,(H,32,37)(H,33,36)/t26-/m1/s1. The van der Waals surface area contributed by atoms with Crippen LogP contribution >= 0.6 is 0 Å². The Morgan fingerprint density at radius 1 is 1.10 bits per heavy atom. The van der Waals surface area contributed by atoms with Gasteiger partial charge in [-0.25, -0.2) is 4.98 Å². The molecule has 0 radical (unpaired) electrons. The number of benzene rings is 1. The number of hydrogen-bond acceptors (Lipinski definition) is 7. The minimum Gasteiger partial charge on any atom is -0.493 e. The Morgan fingerprint density at radius 3 is 2.65 bits per heavy atom. The summed E-state index contributed by atoms with van der Waals surface area (Å²) in [5.41, 5.74) is 1.29. The molecule has 4 rings (SSSR count). The van der Waals surface area contributed by atoms with Gasteiger partial charge < -0.3 is 29.6 Å². The first-order valence-corrected chi connectivity index (χ1v) is 13.5. The third-order valence-corrected chi connectivity index (χ3v) is 6.66. The highest BCUT2D eigenvalue weighted by molar-refractivity contribution is 5.97. The lowest BCUT2D eigenvalue weighted by Crippen LogP contribution is -2.52. The maximum Gasteiger partial charge on any atom is 0.254 e. The average Bonchev–Trinajstić information content (AvgIpc) is 3.43. The van der Waals surface area contributed by atoms with Gasteiger partial charge in [-0.1, -0.05) is 13.8 Å². The Bertz CT molecular complexity index is 1310. The van der Waals surface area contributed by atoms with E-state index in [1.54, 1.807) is 25.4 Å². The molecule has 212 valence electrons. The van der Waals surface area contributed by atoms with E-state index in [1.165, 1.54) is 17.3 Å². The third-order valence-electron chi connectivity index (χ3n) is 6.66. The van der Waals surface area contributed by atoms with E-state index >= 15 is 0 Å². The summed E-state index contributed by atoms with van der Waals surface area (Å²) in [6.07, 6.45) is 7.83. The molecular weight excluding hydrogens is 512 g/mol. The highest BCUT2D eigenvalue weighted by Crippen LogP contribution is 2.32. The monoisotopic (exact) mass is 548 g/mol. The summed E-state index contributed by atoms with van der Waals surface area (Å²) in [6.45, 7) is 5.17. The first-order valence-electron chi connectivity index (χ1n) is 13.5. The van der Waals surface area contributed by atoms with Crippen molar-refractivity contribution in [2.75, 3.05) is 33.4 Å². The van der Waals surface area contributed by atoms with Gasteiger partial charge in [0.15, 0.2) is 11.5 Å². The lowest BCUT2D eigenvalue weighted by molar-refractivity contribution is -0.130. The molecule has 11 nitrogen and oxygen atoms in total. The largest absolute Gasteiger partial charge is 0.493 e. The zero-order chi connectivity index (χ0) is 28.5. The van der Waals surface area contributed by atoms with Crippen molar-refractivity contribution in [3.05, 3.63) is 60.7 Å². The minimum absolute atomic E-state index is 0.141. The van der Waals surface area contributed by atoms with Crippen molar-refractivity contribution in [3.63, 3.8) is 0 Å². The van der Waals surface area contributed by atoms with Crippen molar-refractivity contribution in [2.45, 2.75) is 39.3 Å². The summed E-state index contributed by atoms with van der Waals surface area (Å²) < 4.78 is 13.6. The second-order valence-corrected chi connectivity index (χ2v) is 9.91. The van der Waals surface area contributed by atoms with Crippen LogP contribution in [0.1, 0.15) is 37.0 Å². The Kier molecular flexibility index (Phi) is 9.71. The van der Waals surface area contributed by atoms with Crippen LogP contribution in [0.25, 0.3) is 11.4 Å². The highest BCUT2D eigenvalue weighted by Gasteiger charge is 2.26. The van der Waals surface area contributed by atoms with E-state index in [1.807, 2.05) is 42.8 Å². The number of aromatic nitrogens is 3. The topological polar surface area (TPSA) is 128 Å². The smallest absolute Gasteiger partial charge is 0.254 e. The zero-order valence-electron chi connectivity index (χ0n) is 23.1. The number of hydrogen-bond donors (Lipinski definition) is 2. The number of rotatable bonds is 3. The SMILES string of the molecule is COc1ccc2cc1OCCCN(C(=O)c1ccncc1)CC(=O)N[C@H](C(C)C)C(=O)NCCCn1ccnc1-2. The molecule has 1 atom stereocenters. The Morgan fingerprint density at radius 2 is 1.90 bits per heavy atom. The number of nitrogens with one attached hydrogen (secondary N) is 2. The van der Waals surface area contributed by atoms with Gasteiger partial charge in [-0.2, -0.15) is 0 Å². The molecule has 2 bridgehead atoms. The molecule has 3 amide bonds. The van der Waals surface area contributed by atoms with Crippen molar-refractivity contribution in [3.8, 4) is 22.9 Å². The van der Waals surface area contributed by atoms with Gasteiger partial charge >= 0.3 is 0 Å². The number of aryl methyl sites for hydroxylation is 1. The van der Waals surface area contributed by atoms with Gasteiger partial charge in [0.05, 0.1) is 20.3 Å². The van der Waals surface area contributed by atoms with Crippen LogP contribution in [0.5, 0.6) is 11.5 Å². The van der Waals surface area contributed by atoms with Gasteiger partial charge in [-0.15, -0.1) is 0 Å². The maximum absolute atomic E-state index is 13.3. The quantitative estimate of drug-likeness (QED) is 0.515. The normalized spacial score (nSPS) is 17.4. The van der Waals surface area contributed by atoms with Crippen LogP contribution in [0.2, 0.25) is 0 Å². The van der Waals surface area contributed by atoms with Crippen molar-refractivity contribution in [1.82, 2.24) is 30.1 Å². The van der Waals surface area contributed by atoms with Crippen LogP contribution in [0, 0.1) is 5.92 Å².